The van der Waals surface area contributed by atoms with Crippen LogP contribution >= 0.6 is 27.3 Å². The highest BCUT2D eigenvalue weighted by Crippen LogP contribution is 2.27. The monoisotopic (exact) mass is 327 g/mol. The molecule has 0 saturated heterocycles. The second kappa shape index (κ2) is 5.82. The standard InChI is InChI=1S/C13H14BrNO2S/c1-8(2)17-10-5-3-9(4-6-10)12(16)13-15-11(14)7-18-13/h3-8,12,16H,1-2H3. The molecule has 1 heterocycles. The number of benzene rings is 1. The Bertz CT molecular complexity index is 510. The zero-order valence-corrected chi connectivity index (χ0v) is 12.5. The first kappa shape index (κ1) is 13.5. The fraction of sp³-hybridized carbons (Fsp3) is 0.308. The normalized spacial score (nSPS) is 12.7. The van der Waals surface area contributed by atoms with Gasteiger partial charge in [0.15, 0.2) is 0 Å². The predicted molar refractivity (Wildman–Crippen MR) is 76.1 cm³/mol. The highest BCUT2D eigenvalue weighted by molar-refractivity contribution is 9.10. The Morgan fingerprint density at radius 2 is 1.94 bits per heavy atom. The summed E-state index contributed by atoms with van der Waals surface area (Å²) in [5.41, 5.74) is 0.813. The van der Waals surface area contributed by atoms with Crippen LogP contribution in [0, 0.1) is 0 Å². The van der Waals surface area contributed by atoms with Gasteiger partial charge in [0, 0.05) is 5.38 Å². The third kappa shape index (κ3) is 3.31. The summed E-state index contributed by atoms with van der Waals surface area (Å²) < 4.78 is 6.31. The summed E-state index contributed by atoms with van der Waals surface area (Å²) in [7, 11) is 0. The number of thiazole rings is 1. The molecule has 0 aliphatic rings. The van der Waals surface area contributed by atoms with Crippen LogP contribution in [-0.4, -0.2) is 16.2 Å². The van der Waals surface area contributed by atoms with E-state index in [9.17, 15) is 5.11 Å². The molecule has 1 atom stereocenters. The Kier molecular flexibility index (Phi) is 4.37. The van der Waals surface area contributed by atoms with Crippen molar-refractivity contribution in [3.63, 3.8) is 0 Å². The SMILES string of the molecule is CC(C)Oc1ccc(C(O)c2nc(Br)cs2)cc1. The number of ether oxygens (including phenoxy) is 1. The number of halogens is 1. The second-order valence-electron chi connectivity index (χ2n) is 4.15. The highest BCUT2D eigenvalue weighted by Gasteiger charge is 2.14. The van der Waals surface area contributed by atoms with Crippen molar-refractivity contribution in [3.8, 4) is 5.75 Å². The number of hydrogen-bond acceptors (Lipinski definition) is 4. The number of hydrogen-bond donors (Lipinski definition) is 1. The molecule has 0 saturated carbocycles. The van der Waals surface area contributed by atoms with Crippen molar-refractivity contribution in [2.75, 3.05) is 0 Å². The Hall–Kier alpha value is -0.910. The molecule has 1 N–H and O–H groups in total. The molecular formula is C13H14BrNO2S. The van der Waals surface area contributed by atoms with Gasteiger partial charge in [-0.2, -0.15) is 0 Å². The van der Waals surface area contributed by atoms with Gasteiger partial charge in [0.1, 0.15) is 21.5 Å². The third-order valence-electron chi connectivity index (χ3n) is 2.30. The predicted octanol–water partition coefficient (Wildman–Crippen LogP) is 3.77. The van der Waals surface area contributed by atoms with Gasteiger partial charge in [-0.1, -0.05) is 12.1 Å². The number of nitrogens with zero attached hydrogens (tertiary/aromatic N) is 1. The molecule has 0 bridgehead atoms. The fourth-order valence-electron chi connectivity index (χ4n) is 1.54. The van der Waals surface area contributed by atoms with Crippen molar-refractivity contribution in [2.45, 2.75) is 26.1 Å². The Morgan fingerprint density at radius 3 is 2.44 bits per heavy atom. The van der Waals surface area contributed by atoms with Crippen LogP contribution < -0.4 is 4.74 Å². The largest absolute Gasteiger partial charge is 0.491 e. The Morgan fingerprint density at radius 1 is 1.28 bits per heavy atom. The van der Waals surface area contributed by atoms with Crippen LogP contribution in [0.1, 0.15) is 30.5 Å². The molecule has 5 heteroatoms. The van der Waals surface area contributed by atoms with E-state index >= 15 is 0 Å². The Labute approximate surface area is 119 Å². The van der Waals surface area contributed by atoms with E-state index in [-0.39, 0.29) is 6.10 Å². The molecule has 18 heavy (non-hydrogen) atoms. The van der Waals surface area contributed by atoms with Crippen LogP contribution in [0.5, 0.6) is 5.75 Å². The molecule has 2 rings (SSSR count). The average molecular weight is 328 g/mol. The molecule has 0 amide bonds. The first-order chi connectivity index (χ1) is 8.56. The van der Waals surface area contributed by atoms with Crippen LogP contribution in [-0.2, 0) is 0 Å². The molecule has 0 radical (unpaired) electrons. The van der Waals surface area contributed by atoms with Gasteiger partial charge in [-0.25, -0.2) is 4.98 Å². The number of aromatic nitrogens is 1. The smallest absolute Gasteiger partial charge is 0.131 e. The summed E-state index contributed by atoms with van der Waals surface area (Å²) in [6, 6.07) is 7.44. The van der Waals surface area contributed by atoms with E-state index in [1.807, 2.05) is 43.5 Å². The van der Waals surface area contributed by atoms with Gasteiger partial charge in [0.05, 0.1) is 6.10 Å². The number of rotatable bonds is 4. The number of aliphatic hydroxyl groups is 1. The molecule has 1 unspecified atom stereocenters. The molecule has 96 valence electrons. The molecular weight excluding hydrogens is 314 g/mol. The van der Waals surface area contributed by atoms with Crippen LogP contribution in [0.3, 0.4) is 0 Å². The van der Waals surface area contributed by atoms with E-state index in [0.29, 0.717) is 5.01 Å². The first-order valence-electron chi connectivity index (χ1n) is 5.62. The van der Waals surface area contributed by atoms with Gasteiger partial charge in [0.2, 0.25) is 0 Å². The zero-order valence-electron chi connectivity index (χ0n) is 10.1. The summed E-state index contributed by atoms with van der Waals surface area (Å²) in [6.45, 7) is 3.96. The van der Waals surface area contributed by atoms with E-state index in [1.165, 1.54) is 11.3 Å². The highest BCUT2D eigenvalue weighted by atomic mass is 79.9. The molecule has 0 aliphatic heterocycles. The van der Waals surface area contributed by atoms with E-state index < -0.39 is 6.10 Å². The Balaban J connectivity index is 2.14. The summed E-state index contributed by atoms with van der Waals surface area (Å²) in [5, 5.41) is 12.7. The summed E-state index contributed by atoms with van der Waals surface area (Å²) in [5.74, 6) is 0.807. The average Bonchev–Trinajstić information content (AvgIpc) is 2.75. The molecule has 2 aromatic rings. The van der Waals surface area contributed by atoms with Crippen molar-refractivity contribution in [2.24, 2.45) is 0 Å². The first-order valence-corrected chi connectivity index (χ1v) is 7.29. The summed E-state index contributed by atoms with van der Waals surface area (Å²) in [6.07, 6.45) is -0.537. The van der Waals surface area contributed by atoms with Crippen molar-refractivity contribution in [1.29, 1.82) is 0 Å². The zero-order chi connectivity index (χ0) is 13.1. The molecule has 0 fully saturated rings. The maximum absolute atomic E-state index is 10.2. The molecule has 0 aliphatic carbocycles. The van der Waals surface area contributed by atoms with Crippen LogP contribution in [0.25, 0.3) is 0 Å². The fourth-order valence-corrected chi connectivity index (χ4v) is 2.81. The topological polar surface area (TPSA) is 42.4 Å². The van der Waals surface area contributed by atoms with Crippen molar-refractivity contribution >= 4 is 27.3 Å². The third-order valence-corrected chi connectivity index (χ3v) is 3.90. The van der Waals surface area contributed by atoms with E-state index in [1.54, 1.807) is 0 Å². The van der Waals surface area contributed by atoms with Gasteiger partial charge in [0.25, 0.3) is 0 Å². The lowest BCUT2D eigenvalue weighted by molar-refractivity contribution is 0.218. The molecule has 1 aromatic carbocycles. The van der Waals surface area contributed by atoms with E-state index in [2.05, 4.69) is 20.9 Å². The molecule has 1 aromatic heterocycles. The van der Waals surface area contributed by atoms with E-state index in [4.69, 9.17) is 4.74 Å². The van der Waals surface area contributed by atoms with Crippen LogP contribution in [0.2, 0.25) is 0 Å². The lowest BCUT2D eigenvalue weighted by Crippen LogP contribution is -2.05. The molecule has 3 nitrogen and oxygen atoms in total. The summed E-state index contributed by atoms with van der Waals surface area (Å²) in [4.78, 5) is 4.21. The van der Waals surface area contributed by atoms with Crippen molar-refractivity contribution in [3.05, 3.63) is 44.8 Å². The van der Waals surface area contributed by atoms with Crippen molar-refractivity contribution in [1.82, 2.24) is 4.98 Å². The van der Waals surface area contributed by atoms with Gasteiger partial charge >= 0.3 is 0 Å². The minimum absolute atomic E-state index is 0.149. The van der Waals surface area contributed by atoms with Gasteiger partial charge in [-0.3, -0.25) is 0 Å². The quantitative estimate of drug-likeness (QED) is 0.929. The lowest BCUT2D eigenvalue weighted by atomic mass is 10.1. The van der Waals surface area contributed by atoms with Gasteiger partial charge < -0.3 is 9.84 Å². The van der Waals surface area contributed by atoms with Gasteiger partial charge in [-0.15, -0.1) is 11.3 Å². The summed E-state index contributed by atoms with van der Waals surface area (Å²) >= 11 is 4.71. The van der Waals surface area contributed by atoms with Crippen molar-refractivity contribution < 1.29 is 9.84 Å². The second-order valence-corrected chi connectivity index (χ2v) is 5.85. The van der Waals surface area contributed by atoms with Crippen LogP contribution in [0.15, 0.2) is 34.2 Å². The maximum Gasteiger partial charge on any atom is 0.131 e. The van der Waals surface area contributed by atoms with Crippen LogP contribution in [0.4, 0.5) is 0 Å². The van der Waals surface area contributed by atoms with E-state index in [0.717, 1.165) is 15.9 Å². The molecule has 0 spiro atoms. The van der Waals surface area contributed by atoms with Gasteiger partial charge in [-0.05, 0) is 47.5 Å². The number of aliphatic hydroxyl groups excluding tert-OH is 1. The minimum Gasteiger partial charge on any atom is -0.491 e. The maximum atomic E-state index is 10.2. The minimum atomic E-state index is -0.686. The lowest BCUT2D eigenvalue weighted by Gasteiger charge is -2.12.